The minimum Gasteiger partial charge on any atom is -0.497 e. The van der Waals surface area contributed by atoms with Gasteiger partial charge in [0.15, 0.2) is 0 Å². The molecule has 132 valence electrons. The fraction of sp³-hybridized carbons (Fsp3) is 0.350. The van der Waals surface area contributed by atoms with Crippen molar-refractivity contribution in [2.24, 2.45) is 0 Å². The summed E-state index contributed by atoms with van der Waals surface area (Å²) in [7, 11) is 1.62. The van der Waals surface area contributed by atoms with E-state index in [-0.39, 0.29) is 18.1 Å². The minimum atomic E-state index is -0.338. The molecule has 1 saturated heterocycles. The highest BCUT2D eigenvalue weighted by molar-refractivity contribution is 5.95. The fourth-order valence-electron chi connectivity index (χ4n) is 3.13. The number of carbonyl (C=O) groups is 1. The Morgan fingerprint density at radius 3 is 2.56 bits per heavy atom. The highest BCUT2D eigenvalue weighted by Crippen LogP contribution is 2.25. The van der Waals surface area contributed by atoms with Crippen LogP contribution >= 0.6 is 0 Å². The Balaban J connectivity index is 1.81. The predicted octanol–water partition coefficient (Wildman–Crippen LogP) is 3.10. The Morgan fingerprint density at radius 2 is 1.92 bits per heavy atom. The van der Waals surface area contributed by atoms with Gasteiger partial charge < -0.3 is 14.8 Å². The molecular weight excluding hydrogens is 316 g/mol. The molecule has 0 spiro atoms. The zero-order chi connectivity index (χ0) is 17.6. The first kappa shape index (κ1) is 17.5. The number of carbonyl (C=O) groups excluding carboxylic acids is 1. The molecule has 2 aromatic rings. The lowest BCUT2D eigenvalue weighted by Crippen LogP contribution is -2.46. The van der Waals surface area contributed by atoms with E-state index in [4.69, 9.17) is 9.47 Å². The quantitative estimate of drug-likeness (QED) is 0.909. The van der Waals surface area contributed by atoms with Crippen molar-refractivity contribution in [3.8, 4) is 5.75 Å². The Morgan fingerprint density at radius 1 is 1.20 bits per heavy atom. The van der Waals surface area contributed by atoms with Crippen molar-refractivity contribution in [3.63, 3.8) is 0 Å². The third-order valence-electron chi connectivity index (χ3n) is 4.36. The van der Waals surface area contributed by atoms with Gasteiger partial charge in [0.25, 0.3) is 0 Å². The molecule has 0 aliphatic carbocycles. The lowest BCUT2D eigenvalue weighted by atomic mass is 10.0. The van der Waals surface area contributed by atoms with Crippen LogP contribution in [0, 0.1) is 0 Å². The first-order chi connectivity index (χ1) is 12.2. The fourth-order valence-corrected chi connectivity index (χ4v) is 3.13. The van der Waals surface area contributed by atoms with Gasteiger partial charge >= 0.3 is 0 Å². The van der Waals surface area contributed by atoms with Gasteiger partial charge in [-0.25, -0.2) is 0 Å². The molecule has 1 N–H and O–H groups in total. The molecule has 1 fully saturated rings. The second-order valence-corrected chi connectivity index (χ2v) is 6.21. The van der Waals surface area contributed by atoms with Crippen LogP contribution in [0.1, 0.15) is 18.5 Å². The second kappa shape index (κ2) is 8.14. The van der Waals surface area contributed by atoms with Gasteiger partial charge in [-0.2, -0.15) is 0 Å². The van der Waals surface area contributed by atoms with Crippen molar-refractivity contribution in [3.05, 3.63) is 60.2 Å². The highest BCUT2D eigenvalue weighted by atomic mass is 16.5. The molecule has 0 radical (unpaired) electrons. The third-order valence-corrected chi connectivity index (χ3v) is 4.36. The van der Waals surface area contributed by atoms with Gasteiger partial charge in [-0.15, -0.1) is 0 Å². The van der Waals surface area contributed by atoms with Crippen LogP contribution in [-0.2, 0) is 9.53 Å². The molecular formula is C20H24N2O3. The summed E-state index contributed by atoms with van der Waals surface area (Å²) in [6, 6.07) is 16.9. The third kappa shape index (κ3) is 4.38. The van der Waals surface area contributed by atoms with Gasteiger partial charge in [-0.05, 0) is 36.8 Å². The van der Waals surface area contributed by atoms with E-state index in [0.717, 1.165) is 30.1 Å². The van der Waals surface area contributed by atoms with Gasteiger partial charge in [0.2, 0.25) is 5.91 Å². The number of nitrogens with one attached hydrogen (secondary N) is 1. The van der Waals surface area contributed by atoms with E-state index in [1.165, 1.54) is 0 Å². The molecule has 2 atom stereocenters. The molecule has 0 unspecified atom stereocenters. The molecule has 2 aromatic carbocycles. The average Bonchev–Trinajstić information content (AvgIpc) is 2.63. The summed E-state index contributed by atoms with van der Waals surface area (Å²) in [6.07, 6.45) is 0.119. The zero-order valence-electron chi connectivity index (χ0n) is 14.6. The predicted molar refractivity (Wildman–Crippen MR) is 97.8 cm³/mol. The Labute approximate surface area is 148 Å². The molecule has 1 aliphatic heterocycles. The number of rotatable bonds is 5. The number of methoxy groups -OCH3 is 1. The molecule has 5 heteroatoms. The van der Waals surface area contributed by atoms with Crippen LogP contribution < -0.4 is 10.1 Å². The Bertz CT molecular complexity index is 688. The molecule has 0 bridgehead atoms. The topological polar surface area (TPSA) is 50.8 Å². The Hall–Kier alpha value is -2.37. The molecule has 1 heterocycles. The van der Waals surface area contributed by atoms with Crippen LogP contribution in [0.2, 0.25) is 0 Å². The van der Waals surface area contributed by atoms with E-state index in [9.17, 15) is 4.79 Å². The van der Waals surface area contributed by atoms with Gasteiger partial charge in [-0.3, -0.25) is 9.69 Å². The second-order valence-electron chi connectivity index (χ2n) is 6.21. The number of morpholine rings is 1. The number of nitrogens with zero attached hydrogens (tertiary/aromatic N) is 1. The van der Waals surface area contributed by atoms with Gasteiger partial charge in [-0.1, -0.05) is 30.3 Å². The van der Waals surface area contributed by atoms with Crippen LogP contribution in [0.5, 0.6) is 5.75 Å². The standard InChI is InChI=1S/C20H24N2O3/c1-15-14-22(12-13-25-15)19(16-6-4-3-5-7-16)20(23)21-17-8-10-18(24-2)11-9-17/h3-11,15,19H,12-14H2,1-2H3,(H,21,23)/t15-,19-/m0/s1. The molecule has 3 rings (SSSR count). The van der Waals surface area contributed by atoms with Crippen molar-refractivity contribution in [1.29, 1.82) is 0 Å². The normalized spacial score (nSPS) is 19.2. The summed E-state index contributed by atoms with van der Waals surface area (Å²) in [6.45, 7) is 4.14. The van der Waals surface area contributed by atoms with E-state index >= 15 is 0 Å². The van der Waals surface area contributed by atoms with Crippen LogP contribution in [-0.4, -0.2) is 43.7 Å². The maximum absolute atomic E-state index is 13.0. The van der Waals surface area contributed by atoms with Gasteiger partial charge in [0.05, 0.1) is 19.8 Å². The maximum atomic E-state index is 13.0. The van der Waals surface area contributed by atoms with E-state index in [2.05, 4.69) is 10.2 Å². The largest absolute Gasteiger partial charge is 0.497 e. The molecule has 1 aliphatic rings. The average molecular weight is 340 g/mol. The van der Waals surface area contributed by atoms with E-state index in [1.807, 2.05) is 61.5 Å². The van der Waals surface area contributed by atoms with Crippen molar-refractivity contribution >= 4 is 11.6 Å². The first-order valence-corrected chi connectivity index (χ1v) is 8.53. The van der Waals surface area contributed by atoms with E-state index in [1.54, 1.807) is 7.11 Å². The summed E-state index contributed by atoms with van der Waals surface area (Å²) in [5, 5.41) is 3.03. The summed E-state index contributed by atoms with van der Waals surface area (Å²) in [5.74, 6) is 0.727. The smallest absolute Gasteiger partial charge is 0.246 e. The van der Waals surface area contributed by atoms with Gasteiger partial charge in [0.1, 0.15) is 11.8 Å². The highest BCUT2D eigenvalue weighted by Gasteiger charge is 2.31. The molecule has 0 saturated carbocycles. The minimum absolute atomic E-state index is 0.0366. The Kier molecular flexibility index (Phi) is 5.68. The number of hydrogen-bond donors (Lipinski definition) is 1. The van der Waals surface area contributed by atoms with Crippen LogP contribution in [0.3, 0.4) is 0 Å². The maximum Gasteiger partial charge on any atom is 0.246 e. The van der Waals surface area contributed by atoms with E-state index < -0.39 is 0 Å². The van der Waals surface area contributed by atoms with Crippen LogP contribution in [0.4, 0.5) is 5.69 Å². The molecule has 25 heavy (non-hydrogen) atoms. The van der Waals surface area contributed by atoms with Gasteiger partial charge in [0, 0.05) is 18.8 Å². The van der Waals surface area contributed by atoms with Crippen molar-refractivity contribution < 1.29 is 14.3 Å². The summed E-state index contributed by atoms with van der Waals surface area (Å²) in [4.78, 5) is 15.2. The molecule has 0 aromatic heterocycles. The number of benzene rings is 2. The SMILES string of the molecule is COc1ccc(NC(=O)[C@H](c2ccccc2)N2CCO[C@@H](C)C2)cc1. The number of hydrogen-bond acceptors (Lipinski definition) is 4. The van der Waals surface area contributed by atoms with Crippen LogP contribution in [0.15, 0.2) is 54.6 Å². The van der Waals surface area contributed by atoms with E-state index in [0.29, 0.717) is 6.61 Å². The zero-order valence-corrected chi connectivity index (χ0v) is 14.6. The lowest BCUT2D eigenvalue weighted by Gasteiger charge is -2.36. The lowest BCUT2D eigenvalue weighted by molar-refractivity contribution is -0.124. The first-order valence-electron chi connectivity index (χ1n) is 8.53. The van der Waals surface area contributed by atoms with Crippen molar-refractivity contribution in [2.75, 3.05) is 32.1 Å². The molecule has 5 nitrogen and oxygen atoms in total. The van der Waals surface area contributed by atoms with Crippen LogP contribution in [0.25, 0.3) is 0 Å². The summed E-state index contributed by atoms with van der Waals surface area (Å²) < 4.78 is 10.8. The molecule has 1 amide bonds. The number of amides is 1. The number of anilines is 1. The summed E-state index contributed by atoms with van der Waals surface area (Å²) in [5.41, 5.74) is 1.75. The summed E-state index contributed by atoms with van der Waals surface area (Å²) >= 11 is 0. The van der Waals surface area contributed by atoms with Crippen molar-refractivity contribution in [2.45, 2.75) is 19.1 Å². The number of ether oxygens (including phenoxy) is 2. The monoisotopic (exact) mass is 340 g/mol. The van der Waals surface area contributed by atoms with Crippen molar-refractivity contribution in [1.82, 2.24) is 4.90 Å².